The molecule has 4 heteroatoms. The van der Waals surface area contributed by atoms with E-state index in [0.717, 1.165) is 19.6 Å². The number of piperidine rings is 1. The van der Waals surface area contributed by atoms with Crippen molar-refractivity contribution in [2.45, 2.75) is 25.5 Å². The molecule has 1 fully saturated rings. The number of hydrogen-bond acceptors (Lipinski definition) is 4. The Morgan fingerprint density at radius 1 is 1.56 bits per heavy atom. The van der Waals surface area contributed by atoms with Crippen molar-refractivity contribution in [1.29, 1.82) is 0 Å². The second-order valence-electron chi connectivity index (χ2n) is 4.33. The second-order valence-corrected chi connectivity index (χ2v) is 4.33. The maximum Gasteiger partial charge on any atom is 0.123 e. The maximum absolute atomic E-state index is 5.56. The van der Waals surface area contributed by atoms with Crippen molar-refractivity contribution in [3.05, 3.63) is 23.9 Å². The number of nitrogens with zero attached hydrogens (tertiary/aromatic N) is 2. The average molecular weight is 221 g/mol. The molecule has 1 aromatic rings. The van der Waals surface area contributed by atoms with Gasteiger partial charge in [0.15, 0.2) is 0 Å². The van der Waals surface area contributed by atoms with Gasteiger partial charge in [0.05, 0.1) is 6.10 Å². The number of ether oxygens (including phenoxy) is 1. The van der Waals surface area contributed by atoms with Gasteiger partial charge in [0.25, 0.3) is 0 Å². The number of pyridine rings is 1. The van der Waals surface area contributed by atoms with Gasteiger partial charge in [-0.2, -0.15) is 0 Å². The van der Waals surface area contributed by atoms with Crippen LogP contribution in [0.1, 0.15) is 18.4 Å². The molecule has 88 valence electrons. The minimum absolute atomic E-state index is 0.385. The average Bonchev–Trinajstić information content (AvgIpc) is 2.32. The summed E-state index contributed by atoms with van der Waals surface area (Å²) >= 11 is 0. The molecule has 0 aliphatic carbocycles. The summed E-state index contributed by atoms with van der Waals surface area (Å²) in [6, 6.07) is 3.89. The van der Waals surface area contributed by atoms with Crippen LogP contribution in [0, 0.1) is 0 Å². The van der Waals surface area contributed by atoms with E-state index in [9.17, 15) is 0 Å². The van der Waals surface area contributed by atoms with E-state index in [1.54, 1.807) is 7.11 Å². The molecule has 1 unspecified atom stereocenters. The molecule has 2 N–H and O–H groups in total. The first kappa shape index (κ1) is 11.4. The van der Waals surface area contributed by atoms with Crippen molar-refractivity contribution in [3.63, 3.8) is 0 Å². The molecule has 0 aromatic carbocycles. The van der Waals surface area contributed by atoms with Crippen LogP contribution in [0.15, 0.2) is 18.3 Å². The molecule has 0 spiro atoms. The zero-order chi connectivity index (χ0) is 11.4. The molecule has 2 rings (SSSR count). The SMILES string of the molecule is COC1CCCN(Cc2ccc(N)nc2)C1. The lowest BCUT2D eigenvalue weighted by molar-refractivity contribution is 0.0285. The van der Waals surface area contributed by atoms with Crippen molar-refractivity contribution in [2.75, 3.05) is 25.9 Å². The fourth-order valence-electron chi connectivity index (χ4n) is 2.14. The van der Waals surface area contributed by atoms with Gasteiger partial charge in [0, 0.05) is 26.4 Å². The first-order valence-electron chi connectivity index (χ1n) is 5.73. The molecule has 0 saturated carbocycles. The summed E-state index contributed by atoms with van der Waals surface area (Å²) in [5.74, 6) is 0.581. The predicted molar refractivity (Wildman–Crippen MR) is 64.0 cm³/mol. The zero-order valence-corrected chi connectivity index (χ0v) is 9.72. The quantitative estimate of drug-likeness (QED) is 0.835. The third-order valence-electron chi connectivity index (χ3n) is 3.05. The van der Waals surface area contributed by atoms with Gasteiger partial charge in [-0.3, -0.25) is 4.90 Å². The highest BCUT2D eigenvalue weighted by atomic mass is 16.5. The van der Waals surface area contributed by atoms with Crippen LogP contribution < -0.4 is 5.73 Å². The summed E-state index contributed by atoms with van der Waals surface area (Å²) in [4.78, 5) is 6.51. The molecule has 1 atom stereocenters. The van der Waals surface area contributed by atoms with Crippen molar-refractivity contribution < 1.29 is 4.74 Å². The summed E-state index contributed by atoms with van der Waals surface area (Å²) < 4.78 is 5.40. The van der Waals surface area contributed by atoms with Crippen LogP contribution in [0.2, 0.25) is 0 Å². The van der Waals surface area contributed by atoms with Gasteiger partial charge >= 0.3 is 0 Å². The number of methoxy groups -OCH3 is 1. The summed E-state index contributed by atoms with van der Waals surface area (Å²) in [6.45, 7) is 3.10. The third kappa shape index (κ3) is 2.93. The standard InChI is InChI=1S/C12H19N3O/c1-16-11-3-2-6-15(9-11)8-10-4-5-12(13)14-7-10/h4-5,7,11H,2-3,6,8-9H2,1H3,(H2,13,14). The van der Waals surface area contributed by atoms with E-state index in [-0.39, 0.29) is 0 Å². The Morgan fingerprint density at radius 3 is 3.12 bits per heavy atom. The molecule has 16 heavy (non-hydrogen) atoms. The Bertz CT molecular complexity index is 326. The largest absolute Gasteiger partial charge is 0.384 e. The Morgan fingerprint density at radius 2 is 2.44 bits per heavy atom. The Labute approximate surface area is 96.4 Å². The zero-order valence-electron chi connectivity index (χ0n) is 9.72. The summed E-state index contributed by atoms with van der Waals surface area (Å²) in [6.07, 6.45) is 4.62. The smallest absolute Gasteiger partial charge is 0.123 e. The van der Waals surface area contributed by atoms with Crippen molar-refractivity contribution in [1.82, 2.24) is 9.88 Å². The van der Waals surface area contributed by atoms with Gasteiger partial charge in [-0.15, -0.1) is 0 Å². The normalized spacial score (nSPS) is 22.2. The van der Waals surface area contributed by atoms with Crippen molar-refractivity contribution in [2.24, 2.45) is 0 Å². The minimum Gasteiger partial charge on any atom is -0.384 e. The molecule has 4 nitrogen and oxygen atoms in total. The van der Waals surface area contributed by atoms with Crippen LogP contribution in [-0.2, 0) is 11.3 Å². The van der Waals surface area contributed by atoms with E-state index in [2.05, 4.69) is 9.88 Å². The van der Waals surface area contributed by atoms with Gasteiger partial charge in [-0.25, -0.2) is 4.98 Å². The molecular formula is C12H19N3O. The highest BCUT2D eigenvalue weighted by Gasteiger charge is 2.19. The van der Waals surface area contributed by atoms with E-state index in [4.69, 9.17) is 10.5 Å². The number of likely N-dealkylation sites (tertiary alicyclic amines) is 1. The van der Waals surface area contributed by atoms with Crippen LogP contribution in [-0.4, -0.2) is 36.2 Å². The second kappa shape index (κ2) is 5.27. The lowest BCUT2D eigenvalue weighted by Crippen LogP contribution is -2.38. The maximum atomic E-state index is 5.56. The number of rotatable bonds is 3. The van der Waals surface area contributed by atoms with Crippen LogP contribution in [0.5, 0.6) is 0 Å². The predicted octanol–water partition coefficient (Wildman–Crippen LogP) is 1.27. The van der Waals surface area contributed by atoms with Crippen LogP contribution in [0.3, 0.4) is 0 Å². The fourth-order valence-corrected chi connectivity index (χ4v) is 2.14. The molecule has 0 bridgehead atoms. The van der Waals surface area contributed by atoms with Gasteiger partial charge in [0.2, 0.25) is 0 Å². The van der Waals surface area contributed by atoms with Crippen LogP contribution >= 0.6 is 0 Å². The van der Waals surface area contributed by atoms with E-state index < -0.39 is 0 Å². The Balaban J connectivity index is 1.91. The first-order chi connectivity index (χ1) is 7.78. The number of aromatic nitrogens is 1. The molecule has 2 heterocycles. The van der Waals surface area contributed by atoms with Gasteiger partial charge in [-0.05, 0) is 31.0 Å². The van der Waals surface area contributed by atoms with E-state index in [0.29, 0.717) is 11.9 Å². The van der Waals surface area contributed by atoms with Gasteiger partial charge < -0.3 is 10.5 Å². The molecule has 1 aliphatic heterocycles. The van der Waals surface area contributed by atoms with Crippen molar-refractivity contribution >= 4 is 5.82 Å². The lowest BCUT2D eigenvalue weighted by Gasteiger charge is -2.31. The first-order valence-corrected chi connectivity index (χ1v) is 5.73. The van der Waals surface area contributed by atoms with Gasteiger partial charge in [-0.1, -0.05) is 6.07 Å². The fraction of sp³-hybridized carbons (Fsp3) is 0.583. The highest BCUT2D eigenvalue weighted by molar-refractivity contribution is 5.29. The van der Waals surface area contributed by atoms with E-state index >= 15 is 0 Å². The molecule has 1 aromatic heterocycles. The minimum atomic E-state index is 0.385. The third-order valence-corrected chi connectivity index (χ3v) is 3.05. The topological polar surface area (TPSA) is 51.4 Å². The molecule has 0 amide bonds. The molecule has 1 aliphatic rings. The van der Waals surface area contributed by atoms with Gasteiger partial charge in [0.1, 0.15) is 5.82 Å². The highest BCUT2D eigenvalue weighted by Crippen LogP contribution is 2.15. The Hall–Kier alpha value is -1.13. The van der Waals surface area contributed by atoms with E-state index in [1.165, 1.54) is 18.4 Å². The lowest BCUT2D eigenvalue weighted by atomic mass is 10.1. The number of nitrogens with two attached hydrogens (primary N) is 1. The Kier molecular flexibility index (Phi) is 3.74. The monoisotopic (exact) mass is 221 g/mol. The van der Waals surface area contributed by atoms with Crippen molar-refractivity contribution in [3.8, 4) is 0 Å². The number of hydrogen-bond donors (Lipinski definition) is 1. The molecular weight excluding hydrogens is 202 g/mol. The number of nitrogen functional groups attached to an aromatic ring is 1. The summed E-state index contributed by atoms with van der Waals surface area (Å²) in [5, 5.41) is 0. The van der Waals surface area contributed by atoms with E-state index in [1.807, 2.05) is 18.3 Å². The summed E-state index contributed by atoms with van der Waals surface area (Å²) in [5.41, 5.74) is 6.77. The summed E-state index contributed by atoms with van der Waals surface area (Å²) in [7, 11) is 1.79. The van der Waals surface area contributed by atoms with Crippen LogP contribution in [0.4, 0.5) is 5.82 Å². The molecule has 0 radical (unpaired) electrons. The number of anilines is 1. The van der Waals surface area contributed by atoms with Crippen LogP contribution in [0.25, 0.3) is 0 Å². The molecule has 1 saturated heterocycles.